The summed E-state index contributed by atoms with van der Waals surface area (Å²) in [6, 6.07) is -0.0219. The van der Waals surface area contributed by atoms with E-state index in [0.29, 0.717) is 12.2 Å². The number of nitrogens with zero attached hydrogens (tertiary/aromatic N) is 3. The van der Waals surface area contributed by atoms with Crippen LogP contribution < -0.4 is 5.32 Å². The Bertz CT molecular complexity index is 563. The van der Waals surface area contributed by atoms with E-state index in [2.05, 4.69) is 15.3 Å². The van der Waals surface area contributed by atoms with Crippen molar-refractivity contribution in [1.29, 1.82) is 0 Å². The summed E-state index contributed by atoms with van der Waals surface area (Å²) in [7, 11) is 0. The SMILES string of the molecule is O=C1NCCCCCCN(C(=O)c2cnccn2)[C@H]2CCCC[C@@H]12. The van der Waals surface area contributed by atoms with Crippen LogP contribution in [0.1, 0.15) is 61.9 Å². The molecule has 0 bridgehead atoms. The van der Waals surface area contributed by atoms with E-state index in [1.54, 1.807) is 12.4 Å². The zero-order valence-electron chi connectivity index (χ0n) is 14.1. The first-order valence-electron chi connectivity index (χ1n) is 9.12. The van der Waals surface area contributed by atoms with E-state index < -0.39 is 0 Å². The van der Waals surface area contributed by atoms with E-state index >= 15 is 0 Å². The van der Waals surface area contributed by atoms with Crippen molar-refractivity contribution in [3.63, 3.8) is 0 Å². The van der Waals surface area contributed by atoms with E-state index in [4.69, 9.17) is 0 Å². The van der Waals surface area contributed by atoms with Crippen LogP contribution in [0.25, 0.3) is 0 Å². The summed E-state index contributed by atoms with van der Waals surface area (Å²) in [5.74, 6) is -0.0805. The van der Waals surface area contributed by atoms with Crippen molar-refractivity contribution < 1.29 is 9.59 Å². The van der Waals surface area contributed by atoms with E-state index in [0.717, 1.165) is 57.9 Å². The van der Waals surface area contributed by atoms with Crippen LogP contribution in [0.3, 0.4) is 0 Å². The Hall–Kier alpha value is -1.98. The Balaban J connectivity index is 1.86. The first kappa shape index (κ1) is 16.9. The molecule has 1 aromatic rings. The van der Waals surface area contributed by atoms with Crippen molar-refractivity contribution in [2.45, 2.75) is 57.4 Å². The van der Waals surface area contributed by atoms with Gasteiger partial charge in [-0.2, -0.15) is 0 Å². The fourth-order valence-corrected chi connectivity index (χ4v) is 3.87. The minimum Gasteiger partial charge on any atom is -0.356 e. The van der Waals surface area contributed by atoms with Crippen molar-refractivity contribution in [3.05, 3.63) is 24.3 Å². The second-order valence-electron chi connectivity index (χ2n) is 6.75. The molecule has 1 aliphatic heterocycles. The highest BCUT2D eigenvalue weighted by Gasteiger charge is 2.37. The zero-order valence-corrected chi connectivity index (χ0v) is 14.1. The third-order valence-electron chi connectivity index (χ3n) is 5.13. The summed E-state index contributed by atoms with van der Waals surface area (Å²) in [6.45, 7) is 1.45. The minimum atomic E-state index is -0.0996. The zero-order chi connectivity index (χ0) is 16.8. The van der Waals surface area contributed by atoms with Gasteiger partial charge in [-0.3, -0.25) is 14.6 Å². The Kier molecular flexibility index (Phi) is 5.77. The maximum Gasteiger partial charge on any atom is 0.274 e. The van der Waals surface area contributed by atoms with Crippen LogP contribution in [0.2, 0.25) is 0 Å². The molecule has 0 aromatic carbocycles. The van der Waals surface area contributed by atoms with Gasteiger partial charge in [-0.25, -0.2) is 4.98 Å². The first-order chi connectivity index (χ1) is 11.8. The lowest BCUT2D eigenvalue weighted by atomic mass is 9.82. The highest BCUT2D eigenvalue weighted by atomic mass is 16.2. The Morgan fingerprint density at radius 2 is 1.92 bits per heavy atom. The molecule has 3 rings (SSSR count). The van der Waals surface area contributed by atoms with Gasteiger partial charge in [0.25, 0.3) is 5.91 Å². The highest BCUT2D eigenvalue weighted by molar-refractivity contribution is 5.92. The fourth-order valence-electron chi connectivity index (χ4n) is 3.87. The van der Waals surface area contributed by atoms with Crippen LogP contribution >= 0.6 is 0 Å². The lowest BCUT2D eigenvalue weighted by Crippen LogP contribution is -2.51. The molecule has 6 nitrogen and oxygen atoms in total. The number of carbonyl (C=O) groups is 2. The average molecular weight is 330 g/mol. The molecule has 2 amide bonds. The topological polar surface area (TPSA) is 75.2 Å². The van der Waals surface area contributed by atoms with Gasteiger partial charge in [0, 0.05) is 31.5 Å². The molecule has 1 N–H and O–H groups in total. The van der Waals surface area contributed by atoms with Crippen molar-refractivity contribution in [1.82, 2.24) is 20.2 Å². The lowest BCUT2D eigenvalue weighted by molar-refractivity contribution is -0.128. The van der Waals surface area contributed by atoms with Crippen LogP contribution in [-0.2, 0) is 4.79 Å². The standard InChI is InChI=1S/C18H26N4O2/c23-17-14-7-3-4-8-16(14)22(12-6-2-1-5-9-21-17)18(24)15-13-19-10-11-20-15/h10-11,13-14,16H,1-9,12H2,(H,21,23)/t14-,16+/m1/s1. The summed E-state index contributed by atoms with van der Waals surface area (Å²) in [6.07, 6.45) is 12.7. The van der Waals surface area contributed by atoms with Crippen LogP contribution in [0.15, 0.2) is 18.6 Å². The number of hydrogen-bond acceptors (Lipinski definition) is 4. The van der Waals surface area contributed by atoms with Crippen molar-refractivity contribution in [2.75, 3.05) is 13.1 Å². The molecule has 0 spiro atoms. The molecule has 1 saturated heterocycles. The van der Waals surface area contributed by atoms with Crippen LogP contribution in [0, 0.1) is 5.92 Å². The predicted octanol–water partition coefficient (Wildman–Crippen LogP) is 2.17. The van der Waals surface area contributed by atoms with E-state index in [1.165, 1.54) is 6.20 Å². The second-order valence-corrected chi connectivity index (χ2v) is 6.75. The normalized spacial score (nSPS) is 26.0. The predicted molar refractivity (Wildman–Crippen MR) is 90.3 cm³/mol. The van der Waals surface area contributed by atoms with Crippen LogP contribution in [-0.4, -0.2) is 45.8 Å². The number of fused-ring (bicyclic) bond motifs is 1. The number of aromatic nitrogens is 2. The summed E-state index contributed by atoms with van der Waals surface area (Å²) in [4.78, 5) is 35.7. The summed E-state index contributed by atoms with van der Waals surface area (Å²) in [5.41, 5.74) is 0.372. The number of carbonyl (C=O) groups excluding carboxylic acids is 2. The Morgan fingerprint density at radius 3 is 2.75 bits per heavy atom. The van der Waals surface area contributed by atoms with Gasteiger partial charge in [0.15, 0.2) is 0 Å². The van der Waals surface area contributed by atoms with Gasteiger partial charge in [0.2, 0.25) is 5.91 Å². The fraction of sp³-hybridized carbons (Fsp3) is 0.667. The monoisotopic (exact) mass is 330 g/mol. The van der Waals surface area contributed by atoms with Crippen molar-refractivity contribution >= 4 is 11.8 Å². The summed E-state index contributed by atoms with van der Waals surface area (Å²) < 4.78 is 0. The van der Waals surface area contributed by atoms with Gasteiger partial charge in [0.05, 0.1) is 12.1 Å². The number of rotatable bonds is 1. The van der Waals surface area contributed by atoms with Crippen molar-refractivity contribution in [2.24, 2.45) is 5.92 Å². The highest BCUT2D eigenvalue weighted by Crippen LogP contribution is 2.30. The van der Waals surface area contributed by atoms with E-state index in [-0.39, 0.29) is 23.8 Å². The summed E-state index contributed by atoms with van der Waals surface area (Å²) in [5, 5.41) is 3.07. The van der Waals surface area contributed by atoms with Gasteiger partial charge in [-0.15, -0.1) is 0 Å². The molecule has 2 fully saturated rings. The Morgan fingerprint density at radius 1 is 1.08 bits per heavy atom. The lowest BCUT2D eigenvalue weighted by Gasteiger charge is -2.39. The molecule has 1 saturated carbocycles. The maximum absolute atomic E-state index is 13.0. The second kappa shape index (κ2) is 8.22. The molecule has 1 aliphatic carbocycles. The van der Waals surface area contributed by atoms with Gasteiger partial charge < -0.3 is 10.2 Å². The first-order valence-corrected chi connectivity index (χ1v) is 9.12. The van der Waals surface area contributed by atoms with Gasteiger partial charge in [0.1, 0.15) is 5.69 Å². The molecule has 24 heavy (non-hydrogen) atoms. The molecule has 6 heteroatoms. The molecular weight excluding hydrogens is 304 g/mol. The molecule has 1 aromatic heterocycles. The molecule has 0 unspecified atom stereocenters. The molecule has 2 atom stereocenters. The van der Waals surface area contributed by atoms with Gasteiger partial charge >= 0.3 is 0 Å². The van der Waals surface area contributed by atoms with Gasteiger partial charge in [-0.1, -0.05) is 25.7 Å². The molecule has 2 aliphatic rings. The molecule has 130 valence electrons. The number of amides is 2. The molecular formula is C18H26N4O2. The van der Waals surface area contributed by atoms with E-state index in [9.17, 15) is 9.59 Å². The third-order valence-corrected chi connectivity index (χ3v) is 5.13. The van der Waals surface area contributed by atoms with Gasteiger partial charge in [-0.05, 0) is 25.7 Å². The molecule has 0 radical (unpaired) electrons. The quantitative estimate of drug-likeness (QED) is 0.856. The summed E-state index contributed by atoms with van der Waals surface area (Å²) >= 11 is 0. The third kappa shape index (κ3) is 3.91. The van der Waals surface area contributed by atoms with E-state index in [1.807, 2.05) is 4.90 Å². The largest absolute Gasteiger partial charge is 0.356 e. The average Bonchev–Trinajstić information content (AvgIpc) is 2.67. The smallest absolute Gasteiger partial charge is 0.274 e. The van der Waals surface area contributed by atoms with Crippen molar-refractivity contribution in [3.8, 4) is 0 Å². The minimum absolute atomic E-state index is 0.0219. The Labute approximate surface area is 143 Å². The number of hydrogen-bond donors (Lipinski definition) is 1. The number of nitrogens with one attached hydrogen (secondary N) is 1. The van der Waals surface area contributed by atoms with Crippen LogP contribution in [0.4, 0.5) is 0 Å². The van der Waals surface area contributed by atoms with Crippen LogP contribution in [0.5, 0.6) is 0 Å². The maximum atomic E-state index is 13.0. The molecule has 2 heterocycles.